The van der Waals surface area contributed by atoms with Crippen molar-refractivity contribution in [2.24, 2.45) is 16.6 Å². The highest BCUT2D eigenvalue weighted by Crippen LogP contribution is 2.62. The van der Waals surface area contributed by atoms with Crippen molar-refractivity contribution in [1.29, 1.82) is 10.5 Å². The number of quaternary nitrogens is 1. The first-order chi connectivity index (χ1) is 14.1. The van der Waals surface area contributed by atoms with Crippen LogP contribution in [0, 0.1) is 33.5 Å². The van der Waals surface area contributed by atoms with Crippen LogP contribution >= 0.6 is 0 Å². The minimum Gasteiger partial charge on any atom is -0.497 e. The molecule has 1 saturated heterocycles. The topological polar surface area (TPSA) is 132 Å². The summed E-state index contributed by atoms with van der Waals surface area (Å²) in [6.45, 7) is 0.676. The molecule has 29 heavy (non-hydrogen) atoms. The molecule has 8 nitrogen and oxygen atoms in total. The zero-order valence-corrected chi connectivity index (χ0v) is 16.2. The van der Waals surface area contributed by atoms with Gasteiger partial charge < -0.3 is 19.5 Å². The molecule has 3 atom stereocenters. The van der Waals surface area contributed by atoms with Crippen molar-refractivity contribution < 1.29 is 24.5 Å². The maximum absolute atomic E-state index is 10.6. The van der Waals surface area contributed by atoms with Crippen molar-refractivity contribution >= 4 is 5.84 Å². The second kappa shape index (κ2) is 6.04. The highest BCUT2D eigenvalue weighted by molar-refractivity contribution is 5.90. The molecular weight excluding hydrogens is 370 g/mol. The molecule has 0 bridgehead atoms. The van der Waals surface area contributed by atoms with Crippen LogP contribution in [0.25, 0.3) is 0 Å². The van der Waals surface area contributed by atoms with Crippen molar-refractivity contribution in [3.05, 3.63) is 41.1 Å². The Balaban J connectivity index is 1.79. The Labute approximate surface area is 168 Å². The Hall–Kier alpha value is -2.91. The first-order valence-corrected chi connectivity index (χ1v) is 9.81. The molecule has 3 heterocycles. The zero-order valence-electron chi connectivity index (χ0n) is 16.2. The number of allylic oxidation sites excluding steroid dienone is 1. The number of fused-ring (bicyclic) bond motifs is 3. The van der Waals surface area contributed by atoms with Crippen LogP contribution in [0.3, 0.4) is 0 Å². The molecule has 0 aromatic heterocycles. The van der Waals surface area contributed by atoms with Crippen LogP contribution in [0.5, 0.6) is 5.75 Å². The lowest BCUT2D eigenvalue weighted by molar-refractivity contribution is -0.691. The van der Waals surface area contributed by atoms with Crippen molar-refractivity contribution in [2.75, 3.05) is 20.3 Å². The fourth-order valence-corrected chi connectivity index (χ4v) is 5.68. The van der Waals surface area contributed by atoms with Gasteiger partial charge in [-0.05, 0) is 37.1 Å². The van der Waals surface area contributed by atoms with E-state index in [0.29, 0.717) is 13.2 Å². The standard InChI is InChI=1S/C21H21N5O3/c1-27-14-7-5-13(6-8-14)17-19(11-22)18(24)26-21(28-9-10-29-21)20(19,12-23)15-3-2-4-16(15)25-17/h5-8,17,25H,2-4,9-10H2,1H3,(H2,24,26)/p+2/t17-,19-,20+/m0/s1. The molecule has 148 valence electrons. The maximum Gasteiger partial charge on any atom is 0.347 e. The number of nitrogens with two attached hydrogens (primary N) is 2. The molecule has 1 aromatic carbocycles. The van der Waals surface area contributed by atoms with Gasteiger partial charge in [0, 0.05) is 17.6 Å². The van der Waals surface area contributed by atoms with E-state index in [2.05, 4.69) is 22.4 Å². The third-order valence-corrected chi connectivity index (χ3v) is 6.87. The predicted molar refractivity (Wildman–Crippen MR) is 99.4 cm³/mol. The zero-order chi connectivity index (χ0) is 20.3. The molecule has 1 aliphatic carbocycles. The minimum absolute atomic E-state index is 0.221. The van der Waals surface area contributed by atoms with E-state index in [1.54, 1.807) is 7.11 Å². The van der Waals surface area contributed by atoms with Crippen LogP contribution < -0.4 is 20.8 Å². The third-order valence-electron chi connectivity index (χ3n) is 6.87. The molecule has 0 saturated carbocycles. The highest BCUT2D eigenvalue weighted by Gasteiger charge is 2.85. The summed E-state index contributed by atoms with van der Waals surface area (Å²) in [7, 11) is 1.61. The van der Waals surface area contributed by atoms with Crippen molar-refractivity contribution in [3.8, 4) is 17.9 Å². The van der Waals surface area contributed by atoms with Gasteiger partial charge in [0.25, 0.3) is 5.84 Å². The van der Waals surface area contributed by atoms with Crippen LogP contribution in [0.2, 0.25) is 0 Å². The SMILES string of the molecule is COc1ccc([C@@H]2[NH2+]C3=C(CCC3)[C@@]3(C#N)C4([NH+]=C(N)[C@]23C#N)OCCO4)cc1. The van der Waals surface area contributed by atoms with Gasteiger partial charge in [-0.3, -0.25) is 5.73 Å². The summed E-state index contributed by atoms with van der Waals surface area (Å²) in [4.78, 5) is 3.12. The van der Waals surface area contributed by atoms with E-state index < -0.39 is 22.8 Å². The first-order valence-electron chi connectivity index (χ1n) is 9.81. The van der Waals surface area contributed by atoms with Gasteiger partial charge in [0.15, 0.2) is 0 Å². The second-order valence-corrected chi connectivity index (χ2v) is 7.91. The number of amidine groups is 1. The van der Waals surface area contributed by atoms with E-state index in [1.807, 2.05) is 24.3 Å². The number of hydrogen-bond donors (Lipinski definition) is 3. The van der Waals surface area contributed by atoms with Crippen LogP contribution in [-0.4, -0.2) is 32.1 Å². The average molecular weight is 393 g/mol. The Morgan fingerprint density at radius 1 is 1.17 bits per heavy atom. The van der Waals surface area contributed by atoms with Crippen LogP contribution in [0.4, 0.5) is 0 Å². The fraction of sp³-hybridized carbons (Fsp3) is 0.476. The van der Waals surface area contributed by atoms with Crippen molar-refractivity contribution in [1.82, 2.24) is 0 Å². The van der Waals surface area contributed by atoms with E-state index in [-0.39, 0.29) is 5.84 Å². The van der Waals surface area contributed by atoms with Gasteiger partial charge in [-0.25, -0.2) is 4.99 Å². The lowest BCUT2D eigenvalue weighted by Gasteiger charge is -2.45. The van der Waals surface area contributed by atoms with Gasteiger partial charge in [0.05, 0.1) is 32.5 Å². The molecule has 0 radical (unpaired) electrons. The minimum atomic E-state index is -1.44. The van der Waals surface area contributed by atoms with Gasteiger partial charge in [0.2, 0.25) is 10.8 Å². The van der Waals surface area contributed by atoms with Crippen molar-refractivity contribution in [3.63, 3.8) is 0 Å². The summed E-state index contributed by atoms with van der Waals surface area (Å²) in [5.41, 5.74) is 6.72. The molecule has 5 rings (SSSR count). The number of nitrogens with zero attached hydrogens (tertiary/aromatic N) is 2. The summed E-state index contributed by atoms with van der Waals surface area (Å²) < 4.78 is 17.3. The summed E-state index contributed by atoms with van der Waals surface area (Å²) >= 11 is 0. The van der Waals surface area contributed by atoms with E-state index in [4.69, 9.17) is 19.9 Å². The number of hydrogen-bond acceptors (Lipinski definition) is 6. The van der Waals surface area contributed by atoms with Gasteiger partial charge in [-0.1, -0.05) is 0 Å². The highest BCUT2D eigenvalue weighted by atomic mass is 16.8. The molecule has 1 fully saturated rings. The predicted octanol–water partition coefficient (Wildman–Crippen LogP) is -1.08. The number of nitrogens with one attached hydrogen (secondary N) is 1. The normalized spacial score (nSPS) is 34.3. The van der Waals surface area contributed by atoms with Crippen LogP contribution in [0.15, 0.2) is 35.5 Å². The van der Waals surface area contributed by atoms with Crippen molar-refractivity contribution in [2.45, 2.75) is 31.2 Å². The third kappa shape index (κ3) is 1.94. The molecule has 4 aliphatic rings. The lowest BCUT2D eigenvalue weighted by atomic mass is 9.53. The average Bonchev–Trinajstić information content (AvgIpc) is 3.46. The molecule has 0 unspecified atom stereocenters. The molecule has 5 N–H and O–H groups in total. The fourth-order valence-electron chi connectivity index (χ4n) is 5.68. The first kappa shape index (κ1) is 18.1. The second-order valence-electron chi connectivity index (χ2n) is 7.91. The number of benzene rings is 1. The molecule has 8 heteroatoms. The summed E-state index contributed by atoms with van der Waals surface area (Å²) in [5, 5.41) is 23.4. The lowest BCUT2D eigenvalue weighted by Crippen LogP contribution is -2.91. The van der Waals surface area contributed by atoms with Crippen LogP contribution in [0.1, 0.15) is 30.9 Å². The summed E-state index contributed by atoms with van der Waals surface area (Å²) in [6.07, 6.45) is 2.52. The van der Waals surface area contributed by atoms with Gasteiger partial charge in [-0.2, -0.15) is 10.5 Å². The van der Waals surface area contributed by atoms with Gasteiger partial charge in [0.1, 0.15) is 17.5 Å². The monoisotopic (exact) mass is 393 g/mol. The molecule has 1 aromatic rings. The Kier molecular flexibility index (Phi) is 3.78. The molecule has 3 aliphatic heterocycles. The molecule has 1 spiro atoms. The van der Waals surface area contributed by atoms with E-state index in [1.165, 1.54) is 0 Å². The Bertz CT molecular complexity index is 1010. The summed E-state index contributed by atoms with van der Waals surface area (Å²) in [5.74, 6) is -0.492. The summed E-state index contributed by atoms with van der Waals surface area (Å²) in [6, 6.07) is 12.1. The number of methoxy groups -OCH3 is 1. The molecule has 0 amide bonds. The Morgan fingerprint density at radius 2 is 1.90 bits per heavy atom. The number of rotatable bonds is 2. The van der Waals surface area contributed by atoms with Crippen LogP contribution in [-0.2, 0) is 9.47 Å². The number of nitriles is 2. The van der Waals surface area contributed by atoms with E-state index in [0.717, 1.165) is 41.8 Å². The maximum atomic E-state index is 10.6. The number of ether oxygens (including phenoxy) is 3. The Morgan fingerprint density at radius 3 is 2.52 bits per heavy atom. The smallest absolute Gasteiger partial charge is 0.347 e. The van der Waals surface area contributed by atoms with E-state index in [9.17, 15) is 10.5 Å². The largest absolute Gasteiger partial charge is 0.497 e. The van der Waals surface area contributed by atoms with E-state index >= 15 is 0 Å². The quantitative estimate of drug-likeness (QED) is 0.586. The van der Waals surface area contributed by atoms with Gasteiger partial charge in [-0.15, -0.1) is 0 Å². The van der Waals surface area contributed by atoms with Gasteiger partial charge >= 0.3 is 5.91 Å². The molecular formula is C21H23N5O3+2.